The van der Waals surface area contributed by atoms with Crippen molar-refractivity contribution in [1.82, 2.24) is 0 Å². The van der Waals surface area contributed by atoms with E-state index in [0.29, 0.717) is 6.42 Å². The molecule has 0 aliphatic carbocycles. The van der Waals surface area contributed by atoms with Gasteiger partial charge in [-0.2, -0.15) is 10.5 Å². The highest BCUT2D eigenvalue weighted by Crippen LogP contribution is 2.29. The predicted molar refractivity (Wildman–Crippen MR) is 97.1 cm³/mol. The van der Waals surface area contributed by atoms with E-state index in [-0.39, 0.29) is 5.92 Å². The van der Waals surface area contributed by atoms with Crippen molar-refractivity contribution in [1.29, 1.82) is 10.5 Å². The van der Waals surface area contributed by atoms with Gasteiger partial charge in [0.2, 0.25) is 0 Å². The fraction of sp³-hybridized carbons (Fsp3) is 0.333. The number of benzene rings is 2. The van der Waals surface area contributed by atoms with Crippen LogP contribution in [0.25, 0.3) is 0 Å². The normalized spacial score (nSPS) is 15.4. The van der Waals surface area contributed by atoms with Gasteiger partial charge in [0.05, 0.1) is 25.4 Å². The topological polar surface area (TPSA) is 60.0 Å². The van der Waals surface area contributed by atoms with Crippen LogP contribution < -0.4 is 4.90 Å². The Balaban J connectivity index is 1.78. The largest absolute Gasteiger partial charge is 0.378 e. The molecule has 4 heteroatoms. The average molecular weight is 331 g/mol. The highest BCUT2D eigenvalue weighted by molar-refractivity contribution is 5.48. The zero-order chi connectivity index (χ0) is 17.5. The van der Waals surface area contributed by atoms with Crippen molar-refractivity contribution in [2.75, 3.05) is 31.2 Å². The van der Waals surface area contributed by atoms with Gasteiger partial charge in [-0.15, -0.1) is 0 Å². The lowest BCUT2D eigenvalue weighted by Gasteiger charge is -2.29. The van der Waals surface area contributed by atoms with Crippen LogP contribution in [0, 0.1) is 28.6 Å². The lowest BCUT2D eigenvalue weighted by molar-refractivity contribution is 0.122. The maximum Gasteiger partial charge on any atom is 0.140 e. The third-order valence-corrected chi connectivity index (χ3v) is 4.68. The van der Waals surface area contributed by atoms with Crippen molar-refractivity contribution in [2.45, 2.75) is 12.3 Å². The van der Waals surface area contributed by atoms with Crippen LogP contribution in [0.2, 0.25) is 0 Å². The van der Waals surface area contributed by atoms with Gasteiger partial charge in [-0.05, 0) is 29.7 Å². The van der Waals surface area contributed by atoms with Crippen molar-refractivity contribution in [2.24, 2.45) is 5.92 Å². The van der Waals surface area contributed by atoms with E-state index in [1.807, 2.05) is 30.3 Å². The van der Waals surface area contributed by atoms with Crippen LogP contribution >= 0.6 is 0 Å². The highest BCUT2D eigenvalue weighted by Gasteiger charge is 2.23. The smallest absolute Gasteiger partial charge is 0.140 e. The third-order valence-electron chi connectivity index (χ3n) is 4.68. The van der Waals surface area contributed by atoms with Crippen LogP contribution in [-0.4, -0.2) is 26.3 Å². The molecule has 126 valence electrons. The van der Waals surface area contributed by atoms with Crippen molar-refractivity contribution >= 4 is 5.69 Å². The van der Waals surface area contributed by atoms with Crippen molar-refractivity contribution in [3.63, 3.8) is 0 Å². The number of ether oxygens (including phenoxy) is 1. The molecule has 1 aliphatic heterocycles. The van der Waals surface area contributed by atoms with Gasteiger partial charge in [-0.1, -0.05) is 42.5 Å². The molecule has 3 rings (SSSR count). The van der Waals surface area contributed by atoms with Gasteiger partial charge in [0.25, 0.3) is 0 Å². The molecule has 0 saturated carbocycles. The van der Waals surface area contributed by atoms with E-state index >= 15 is 0 Å². The molecule has 2 aromatic rings. The number of hydrogen-bond acceptors (Lipinski definition) is 4. The molecule has 2 aromatic carbocycles. The molecule has 1 unspecified atom stereocenters. The zero-order valence-electron chi connectivity index (χ0n) is 14.1. The molecule has 0 spiro atoms. The van der Waals surface area contributed by atoms with E-state index in [9.17, 15) is 10.5 Å². The summed E-state index contributed by atoms with van der Waals surface area (Å²) in [5.74, 6) is -0.772. The van der Waals surface area contributed by atoms with Crippen molar-refractivity contribution in [3.05, 3.63) is 65.7 Å². The Hall–Kier alpha value is -2.82. The number of anilines is 1. The first-order valence-electron chi connectivity index (χ1n) is 8.57. The zero-order valence-corrected chi connectivity index (χ0v) is 14.1. The van der Waals surface area contributed by atoms with Crippen molar-refractivity contribution in [3.8, 4) is 12.1 Å². The van der Waals surface area contributed by atoms with Crippen LogP contribution in [0.5, 0.6) is 0 Å². The summed E-state index contributed by atoms with van der Waals surface area (Å²) in [5.41, 5.74) is 3.37. The molecule has 1 fully saturated rings. The molecule has 0 bridgehead atoms. The Labute approximate surface area is 148 Å². The van der Waals surface area contributed by atoms with Crippen LogP contribution in [0.3, 0.4) is 0 Å². The predicted octanol–water partition coefficient (Wildman–Crippen LogP) is 3.51. The first kappa shape index (κ1) is 17.0. The second kappa shape index (κ2) is 8.33. The lowest BCUT2D eigenvalue weighted by Crippen LogP contribution is -2.36. The molecule has 4 nitrogen and oxygen atoms in total. The van der Waals surface area contributed by atoms with E-state index in [0.717, 1.165) is 37.4 Å². The summed E-state index contributed by atoms with van der Waals surface area (Å²) in [4.78, 5) is 2.31. The number of hydrogen-bond donors (Lipinski definition) is 0. The molecule has 0 aromatic heterocycles. The van der Waals surface area contributed by atoms with Gasteiger partial charge in [0, 0.05) is 24.7 Å². The number of nitrogens with zero attached hydrogens (tertiary/aromatic N) is 3. The summed E-state index contributed by atoms with van der Waals surface area (Å²) in [5, 5.41) is 18.7. The summed E-state index contributed by atoms with van der Waals surface area (Å²) < 4.78 is 5.39. The van der Waals surface area contributed by atoms with E-state index < -0.39 is 5.92 Å². The van der Waals surface area contributed by atoms with E-state index in [2.05, 4.69) is 41.3 Å². The maximum absolute atomic E-state index is 9.36. The van der Waals surface area contributed by atoms with Gasteiger partial charge in [-0.3, -0.25) is 0 Å². The molecule has 1 heterocycles. The Morgan fingerprint density at radius 2 is 1.56 bits per heavy atom. The van der Waals surface area contributed by atoms with Crippen LogP contribution in [0.15, 0.2) is 54.6 Å². The monoisotopic (exact) mass is 331 g/mol. The van der Waals surface area contributed by atoms with Gasteiger partial charge < -0.3 is 9.64 Å². The summed E-state index contributed by atoms with van der Waals surface area (Å²) in [7, 11) is 0. The Bertz CT molecular complexity index is 738. The van der Waals surface area contributed by atoms with Crippen LogP contribution in [0.1, 0.15) is 17.0 Å². The first-order valence-corrected chi connectivity index (χ1v) is 8.57. The molecule has 1 atom stereocenters. The maximum atomic E-state index is 9.36. The Morgan fingerprint density at radius 3 is 2.16 bits per heavy atom. The minimum Gasteiger partial charge on any atom is -0.378 e. The third kappa shape index (κ3) is 4.18. The van der Waals surface area contributed by atoms with Crippen LogP contribution in [-0.2, 0) is 11.2 Å². The van der Waals surface area contributed by atoms with Gasteiger partial charge >= 0.3 is 0 Å². The Morgan fingerprint density at radius 1 is 0.920 bits per heavy atom. The van der Waals surface area contributed by atoms with Gasteiger partial charge in [-0.25, -0.2) is 0 Å². The fourth-order valence-corrected chi connectivity index (χ4v) is 3.26. The standard InChI is InChI=1S/C21H21N3O/c22-15-19(16-23)21(18-4-2-1-3-5-18)14-17-6-8-20(9-7-17)24-10-12-25-13-11-24/h1-9,19,21H,10-14H2. The summed E-state index contributed by atoms with van der Waals surface area (Å²) in [6, 6.07) is 22.6. The number of morpholine rings is 1. The summed E-state index contributed by atoms with van der Waals surface area (Å²) in [6.45, 7) is 3.36. The molecule has 1 saturated heterocycles. The van der Waals surface area contributed by atoms with Gasteiger partial charge in [0.1, 0.15) is 5.92 Å². The fourth-order valence-electron chi connectivity index (χ4n) is 3.26. The van der Waals surface area contributed by atoms with E-state index in [1.165, 1.54) is 5.69 Å². The molecular weight excluding hydrogens is 310 g/mol. The number of nitriles is 2. The van der Waals surface area contributed by atoms with Crippen molar-refractivity contribution < 1.29 is 4.74 Å². The minimum absolute atomic E-state index is 0.120. The molecule has 0 amide bonds. The second-order valence-corrected chi connectivity index (χ2v) is 6.22. The lowest BCUT2D eigenvalue weighted by atomic mass is 9.83. The molecular formula is C21H21N3O. The quantitative estimate of drug-likeness (QED) is 0.841. The first-order chi connectivity index (χ1) is 12.3. The average Bonchev–Trinajstić information content (AvgIpc) is 2.70. The SMILES string of the molecule is N#CC(C#N)C(Cc1ccc(N2CCOCC2)cc1)c1ccccc1. The number of rotatable bonds is 5. The molecule has 0 radical (unpaired) electrons. The molecule has 1 aliphatic rings. The summed E-state index contributed by atoms with van der Waals surface area (Å²) >= 11 is 0. The molecule has 25 heavy (non-hydrogen) atoms. The van der Waals surface area contributed by atoms with Crippen LogP contribution in [0.4, 0.5) is 5.69 Å². The Kier molecular flexibility index (Phi) is 5.67. The minimum atomic E-state index is -0.652. The van der Waals surface area contributed by atoms with E-state index in [4.69, 9.17) is 4.74 Å². The van der Waals surface area contributed by atoms with E-state index in [1.54, 1.807) is 0 Å². The second-order valence-electron chi connectivity index (χ2n) is 6.22. The highest BCUT2D eigenvalue weighted by atomic mass is 16.5. The molecule has 0 N–H and O–H groups in total. The van der Waals surface area contributed by atoms with Gasteiger partial charge in [0.15, 0.2) is 0 Å². The summed E-state index contributed by atoms with van der Waals surface area (Å²) in [6.07, 6.45) is 0.680.